The van der Waals surface area contributed by atoms with Crippen LogP contribution in [-0.2, 0) is 0 Å². The highest BCUT2D eigenvalue weighted by molar-refractivity contribution is 5.63. The van der Waals surface area contributed by atoms with E-state index in [9.17, 15) is 4.39 Å². The van der Waals surface area contributed by atoms with Crippen LogP contribution in [0.1, 0.15) is 0 Å². The lowest BCUT2D eigenvalue weighted by molar-refractivity contribution is 0.401. The smallest absolute Gasteiger partial charge is 0.237 e. The molecule has 1 heterocycles. The van der Waals surface area contributed by atoms with Crippen LogP contribution in [0, 0.1) is 5.82 Å². The average molecular weight is 218 g/mol. The number of ether oxygens (including phenoxy) is 1. The van der Waals surface area contributed by atoms with E-state index >= 15 is 0 Å². The Morgan fingerprint density at radius 3 is 2.75 bits per heavy atom. The summed E-state index contributed by atoms with van der Waals surface area (Å²) in [4.78, 5) is 4.19. The predicted molar refractivity (Wildman–Crippen MR) is 60.6 cm³/mol. The topological polar surface area (TPSA) is 48.1 Å². The molecule has 0 radical (unpaired) electrons. The standard InChI is InChI=1S/C12H11FN2O/c1-16-12-10(14)5-6-11(15-12)8-3-2-4-9(13)7-8/h2-7H,14H2,1H3. The lowest BCUT2D eigenvalue weighted by atomic mass is 10.1. The molecule has 0 fully saturated rings. The third kappa shape index (κ3) is 1.95. The van der Waals surface area contributed by atoms with Gasteiger partial charge in [-0.05, 0) is 24.3 Å². The molecule has 2 rings (SSSR count). The first-order valence-electron chi connectivity index (χ1n) is 4.77. The van der Waals surface area contributed by atoms with Crippen molar-refractivity contribution in [3.8, 4) is 17.1 Å². The van der Waals surface area contributed by atoms with Gasteiger partial charge in [0.25, 0.3) is 0 Å². The van der Waals surface area contributed by atoms with Gasteiger partial charge in [-0.3, -0.25) is 0 Å². The molecule has 0 unspecified atom stereocenters. The van der Waals surface area contributed by atoms with Crippen molar-refractivity contribution in [2.24, 2.45) is 0 Å². The largest absolute Gasteiger partial charge is 0.480 e. The van der Waals surface area contributed by atoms with Crippen molar-refractivity contribution < 1.29 is 9.13 Å². The number of hydrogen-bond acceptors (Lipinski definition) is 3. The maximum Gasteiger partial charge on any atom is 0.237 e. The van der Waals surface area contributed by atoms with Crippen LogP contribution in [-0.4, -0.2) is 12.1 Å². The van der Waals surface area contributed by atoms with E-state index in [1.54, 1.807) is 24.3 Å². The molecule has 0 bridgehead atoms. The van der Waals surface area contributed by atoms with E-state index in [1.807, 2.05) is 0 Å². The predicted octanol–water partition coefficient (Wildman–Crippen LogP) is 2.48. The fourth-order valence-electron chi connectivity index (χ4n) is 1.42. The lowest BCUT2D eigenvalue weighted by Gasteiger charge is -2.06. The van der Waals surface area contributed by atoms with Gasteiger partial charge in [0.05, 0.1) is 18.5 Å². The molecule has 0 spiro atoms. The lowest BCUT2D eigenvalue weighted by Crippen LogP contribution is -1.96. The Labute approximate surface area is 92.7 Å². The van der Waals surface area contributed by atoms with Gasteiger partial charge in [-0.15, -0.1) is 0 Å². The summed E-state index contributed by atoms with van der Waals surface area (Å²) in [5, 5.41) is 0. The minimum absolute atomic E-state index is 0.296. The van der Waals surface area contributed by atoms with Gasteiger partial charge in [0.2, 0.25) is 5.88 Å². The number of nitrogens with two attached hydrogens (primary N) is 1. The normalized spacial score (nSPS) is 10.1. The fraction of sp³-hybridized carbons (Fsp3) is 0.0833. The van der Waals surface area contributed by atoms with Gasteiger partial charge in [-0.25, -0.2) is 9.37 Å². The highest BCUT2D eigenvalue weighted by Crippen LogP contribution is 2.24. The van der Waals surface area contributed by atoms with E-state index < -0.39 is 0 Å². The van der Waals surface area contributed by atoms with Crippen molar-refractivity contribution >= 4 is 5.69 Å². The minimum atomic E-state index is -0.296. The first-order valence-corrected chi connectivity index (χ1v) is 4.77. The fourth-order valence-corrected chi connectivity index (χ4v) is 1.42. The third-order valence-corrected chi connectivity index (χ3v) is 2.20. The number of pyridine rings is 1. The Kier molecular flexibility index (Phi) is 2.72. The molecule has 3 nitrogen and oxygen atoms in total. The van der Waals surface area contributed by atoms with Gasteiger partial charge in [0.15, 0.2) is 0 Å². The average Bonchev–Trinajstić information content (AvgIpc) is 2.29. The van der Waals surface area contributed by atoms with Crippen LogP contribution in [0.4, 0.5) is 10.1 Å². The summed E-state index contributed by atoms with van der Waals surface area (Å²) >= 11 is 0. The zero-order valence-electron chi connectivity index (χ0n) is 8.77. The van der Waals surface area contributed by atoms with Crippen LogP contribution in [0.3, 0.4) is 0 Å². The van der Waals surface area contributed by atoms with Gasteiger partial charge in [0, 0.05) is 5.56 Å². The van der Waals surface area contributed by atoms with Crippen molar-refractivity contribution in [1.82, 2.24) is 4.98 Å². The molecule has 1 aromatic heterocycles. The molecular formula is C12H11FN2O. The summed E-state index contributed by atoms with van der Waals surface area (Å²) in [6.07, 6.45) is 0. The first-order chi connectivity index (χ1) is 7.70. The number of aromatic nitrogens is 1. The highest BCUT2D eigenvalue weighted by Gasteiger charge is 2.05. The Hall–Kier alpha value is -2.10. The van der Waals surface area contributed by atoms with Crippen molar-refractivity contribution in [3.05, 3.63) is 42.2 Å². The summed E-state index contributed by atoms with van der Waals surface area (Å²) in [7, 11) is 1.49. The van der Waals surface area contributed by atoms with Gasteiger partial charge < -0.3 is 10.5 Å². The molecule has 2 N–H and O–H groups in total. The molecule has 2 aromatic rings. The van der Waals surface area contributed by atoms with Crippen molar-refractivity contribution in [1.29, 1.82) is 0 Å². The first kappa shape index (κ1) is 10.4. The molecule has 4 heteroatoms. The number of hydrogen-bond donors (Lipinski definition) is 1. The monoisotopic (exact) mass is 218 g/mol. The Morgan fingerprint density at radius 1 is 1.25 bits per heavy atom. The zero-order valence-corrected chi connectivity index (χ0v) is 8.77. The van der Waals surface area contributed by atoms with Crippen LogP contribution >= 0.6 is 0 Å². The number of nitrogens with zero attached hydrogens (tertiary/aromatic N) is 1. The second kappa shape index (κ2) is 4.18. The maximum atomic E-state index is 13.0. The van der Waals surface area contributed by atoms with Crippen LogP contribution in [0.15, 0.2) is 36.4 Å². The summed E-state index contributed by atoms with van der Waals surface area (Å²) in [5.74, 6) is 0.0526. The summed E-state index contributed by atoms with van der Waals surface area (Å²) < 4.78 is 18.0. The number of rotatable bonds is 2. The minimum Gasteiger partial charge on any atom is -0.480 e. The zero-order chi connectivity index (χ0) is 11.5. The van der Waals surface area contributed by atoms with Gasteiger partial charge >= 0.3 is 0 Å². The molecule has 0 aliphatic heterocycles. The Bertz CT molecular complexity index is 514. The van der Waals surface area contributed by atoms with E-state index in [0.29, 0.717) is 22.8 Å². The van der Waals surface area contributed by atoms with Gasteiger partial charge in [-0.2, -0.15) is 0 Å². The molecular weight excluding hydrogens is 207 g/mol. The number of methoxy groups -OCH3 is 1. The maximum absolute atomic E-state index is 13.0. The van der Waals surface area contributed by atoms with Crippen LogP contribution < -0.4 is 10.5 Å². The molecule has 0 amide bonds. The highest BCUT2D eigenvalue weighted by atomic mass is 19.1. The van der Waals surface area contributed by atoms with Crippen LogP contribution in [0.25, 0.3) is 11.3 Å². The quantitative estimate of drug-likeness (QED) is 0.842. The Balaban J connectivity index is 2.48. The summed E-state index contributed by atoms with van der Waals surface area (Å²) in [5.41, 5.74) is 7.43. The number of benzene rings is 1. The van der Waals surface area contributed by atoms with Gasteiger partial charge in [-0.1, -0.05) is 12.1 Å². The van der Waals surface area contributed by atoms with Crippen molar-refractivity contribution in [2.75, 3.05) is 12.8 Å². The molecule has 0 atom stereocenters. The number of nitrogen functional groups attached to an aromatic ring is 1. The molecule has 82 valence electrons. The van der Waals surface area contributed by atoms with E-state index in [1.165, 1.54) is 19.2 Å². The van der Waals surface area contributed by atoms with E-state index in [4.69, 9.17) is 10.5 Å². The Morgan fingerprint density at radius 2 is 2.06 bits per heavy atom. The van der Waals surface area contributed by atoms with E-state index in [-0.39, 0.29) is 5.82 Å². The van der Waals surface area contributed by atoms with E-state index in [0.717, 1.165) is 0 Å². The van der Waals surface area contributed by atoms with Crippen LogP contribution in [0.2, 0.25) is 0 Å². The number of anilines is 1. The number of halogens is 1. The SMILES string of the molecule is COc1nc(-c2cccc(F)c2)ccc1N. The third-order valence-electron chi connectivity index (χ3n) is 2.20. The van der Waals surface area contributed by atoms with Crippen LogP contribution in [0.5, 0.6) is 5.88 Å². The molecule has 16 heavy (non-hydrogen) atoms. The molecule has 0 saturated carbocycles. The molecule has 1 aromatic carbocycles. The molecule has 0 saturated heterocycles. The van der Waals surface area contributed by atoms with Crippen molar-refractivity contribution in [3.63, 3.8) is 0 Å². The van der Waals surface area contributed by atoms with E-state index in [2.05, 4.69) is 4.98 Å². The van der Waals surface area contributed by atoms with Gasteiger partial charge in [0.1, 0.15) is 5.82 Å². The second-order valence-corrected chi connectivity index (χ2v) is 3.31. The molecule has 0 aliphatic carbocycles. The van der Waals surface area contributed by atoms with Crippen molar-refractivity contribution in [2.45, 2.75) is 0 Å². The molecule has 0 aliphatic rings. The summed E-state index contributed by atoms with van der Waals surface area (Å²) in [6.45, 7) is 0. The summed E-state index contributed by atoms with van der Waals surface area (Å²) in [6, 6.07) is 9.63. The second-order valence-electron chi connectivity index (χ2n) is 3.31.